The second kappa shape index (κ2) is 5.67. The van der Waals surface area contributed by atoms with Gasteiger partial charge in [0.2, 0.25) is 5.89 Å². The molecule has 0 spiro atoms. The van der Waals surface area contributed by atoms with Crippen molar-refractivity contribution in [3.05, 3.63) is 35.6 Å². The van der Waals surface area contributed by atoms with Crippen LogP contribution in [-0.4, -0.2) is 15.1 Å². The van der Waals surface area contributed by atoms with E-state index < -0.39 is 11.7 Å². The zero-order valence-electron chi connectivity index (χ0n) is 11.7. The number of nitrogens with zero attached hydrogens (tertiary/aromatic N) is 3. The summed E-state index contributed by atoms with van der Waals surface area (Å²) in [6.07, 6.45) is -3.55. The van der Waals surface area contributed by atoms with E-state index in [1.807, 2.05) is 20.8 Å². The topological polar surface area (TPSA) is 51.8 Å². The summed E-state index contributed by atoms with van der Waals surface area (Å²) in [6, 6.07) is 2.33. The van der Waals surface area contributed by atoms with Crippen LogP contribution in [0.15, 0.2) is 27.9 Å². The van der Waals surface area contributed by atoms with Crippen molar-refractivity contribution in [3.8, 4) is 0 Å². The highest BCUT2D eigenvalue weighted by atomic mass is 32.2. The summed E-state index contributed by atoms with van der Waals surface area (Å²) in [5.74, 6) is 1.38. The van der Waals surface area contributed by atoms with Crippen LogP contribution in [-0.2, 0) is 17.3 Å². The third-order valence-corrected chi connectivity index (χ3v) is 3.47. The Morgan fingerprint density at radius 3 is 2.38 bits per heavy atom. The van der Waals surface area contributed by atoms with Gasteiger partial charge in [0.25, 0.3) is 0 Å². The Labute approximate surface area is 124 Å². The molecular weight excluding hydrogens is 303 g/mol. The minimum atomic E-state index is -4.37. The summed E-state index contributed by atoms with van der Waals surface area (Å²) in [5.41, 5.74) is -0.974. The van der Waals surface area contributed by atoms with Crippen LogP contribution < -0.4 is 0 Å². The highest BCUT2D eigenvalue weighted by Crippen LogP contribution is 2.30. The van der Waals surface area contributed by atoms with Gasteiger partial charge in [0, 0.05) is 11.6 Å². The number of aromatic nitrogens is 3. The summed E-state index contributed by atoms with van der Waals surface area (Å²) in [7, 11) is 0. The van der Waals surface area contributed by atoms with E-state index in [4.69, 9.17) is 4.52 Å². The van der Waals surface area contributed by atoms with Gasteiger partial charge in [-0.2, -0.15) is 18.2 Å². The lowest BCUT2D eigenvalue weighted by atomic mass is 9.96. The minimum absolute atomic E-state index is 0.209. The van der Waals surface area contributed by atoms with E-state index in [0.717, 1.165) is 12.3 Å². The molecule has 0 amide bonds. The van der Waals surface area contributed by atoms with Crippen molar-refractivity contribution in [1.82, 2.24) is 15.1 Å². The van der Waals surface area contributed by atoms with Crippen molar-refractivity contribution in [2.75, 3.05) is 0 Å². The second-order valence-electron chi connectivity index (χ2n) is 5.43. The first-order chi connectivity index (χ1) is 9.66. The van der Waals surface area contributed by atoms with Gasteiger partial charge >= 0.3 is 6.18 Å². The van der Waals surface area contributed by atoms with Gasteiger partial charge in [0.05, 0.1) is 16.3 Å². The Bertz CT molecular complexity index is 602. The average Bonchev–Trinajstić information content (AvgIpc) is 2.84. The number of halogens is 3. The van der Waals surface area contributed by atoms with Crippen molar-refractivity contribution < 1.29 is 17.7 Å². The van der Waals surface area contributed by atoms with Crippen molar-refractivity contribution in [2.24, 2.45) is 0 Å². The lowest BCUT2D eigenvalue weighted by Crippen LogP contribution is -2.13. The van der Waals surface area contributed by atoms with E-state index in [9.17, 15) is 13.2 Å². The predicted octanol–water partition coefficient (Wildman–Crippen LogP) is 4.07. The van der Waals surface area contributed by atoms with Crippen molar-refractivity contribution >= 4 is 11.8 Å². The molecule has 114 valence electrons. The molecule has 0 radical (unpaired) electrons. The average molecular weight is 317 g/mol. The maximum Gasteiger partial charge on any atom is 0.417 e. The third kappa shape index (κ3) is 4.20. The molecule has 2 heterocycles. The molecule has 0 atom stereocenters. The van der Waals surface area contributed by atoms with Crippen molar-refractivity contribution in [3.63, 3.8) is 0 Å². The smallest absolute Gasteiger partial charge is 0.338 e. The molecule has 0 fully saturated rings. The number of hydrogen-bond acceptors (Lipinski definition) is 5. The molecule has 21 heavy (non-hydrogen) atoms. The van der Waals surface area contributed by atoms with E-state index in [1.165, 1.54) is 17.8 Å². The second-order valence-corrected chi connectivity index (χ2v) is 6.43. The third-order valence-electron chi connectivity index (χ3n) is 2.55. The van der Waals surface area contributed by atoms with Crippen LogP contribution in [0.2, 0.25) is 0 Å². The summed E-state index contributed by atoms with van der Waals surface area (Å²) in [6.45, 7) is 5.89. The van der Waals surface area contributed by atoms with E-state index in [-0.39, 0.29) is 5.41 Å². The molecule has 2 aromatic rings. The fourth-order valence-corrected chi connectivity index (χ4v) is 2.07. The highest BCUT2D eigenvalue weighted by molar-refractivity contribution is 7.98. The van der Waals surface area contributed by atoms with E-state index in [1.54, 1.807) is 0 Å². The van der Waals surface area contributed by atoms with Crippen LogP contribution in [0.25, 0.3) is 0 Å². The molecule has 0 saturated carbocycles. The number of hydrogen-bond donors (Lipinski definition) is 0. The van der Waals surface area contributed by atoms with Gasteiger partial charge in [-0.25, -0.2) is 4.98 Å². The molecule has 0 aromatic carbocycles. The Morgan fingerprint density at radius 2 is 1.90 bits per heavy atom. The van der Waals surface area contributed by atoms with Gasteiger partial charge in [-0.3, -0.25) is 0 Å². The highest BCUT2D eigenvalue weighted by Gasteiger charge is 2.30. The molecule has 4 nitrogen and oxygen atoms in total. The monoisotopic (exact) mass is 317 g/mol. The van der Waals surface area contributed by atoms with Crippen LogP contribution in [0.1, 0.15) is 38.0 Å². The molecule has 0 saturated heterocycles. The van der Waals surface area contributed by atoms with Gasteiger partial charge < -0.3 is 4.52 Å². The Morgan fingerprint density at radius 1 is 1.19 bits per heavy atom. The van der Waals surface area contributed by atoms with E-state index >= 15 is 0 Å². The van der Waals surface area contributed by atoms with Gasteiger partial charge in [0.15, 0.2) is 5.82 Å². The number of rotatable bonds is 3. The fourth-order valence-electron chi connectivity index (χ4n) is 1.39. The maximum absolute atomic E-state index is 12.4. The molecule has 0 aliphatic rings. The SMILES string of the molecule is CC(C)(C)c1noc(CSc2ccc(C(F)(F)F)cn2)n1. The lowest BCUT2D eigenvalue weighted by molar-refractivity contribution is -0.137. The van der Waals surface area contributed by atoms with Crippen LogP contribution >= 0.6 is 11.8 Å². The van der Waals surface area contributed by atoms with Crippen molar-refractivity contribution in [1.29, 1.82) is 0 Å². The molecule has 0 unspecified atom stereocenters. The zero-order chi connectivity index (χ0) is 15.7. The van der Waals surface area contributed by atoms with Gasteiger partial charge in [-0.05, 0) is 12.1 Å². The molecule has 0 aliphatic heterocycles. The van der Waals surface area contributed by atoms with E-state index in [2.05, 4.69) is 15.1 Å². The summed E-state index contributed by atoms with van der Waals surface area (Å²) in [5, 5.41) is 4.35. The molecule has 2 aromatic heterocycles. The largest absolute Gasteiger partial charge is 0.417 e. The Kier molecular flexibility index (Phi) is 4.27. The van der Waals surface area contributed by atoms with Gasteiger partial charge in [-0.15, -0.1) is 0 Å². The first-order valence-electron chi connectivity index (χ1n) is 6.15. The maximum atomic E-state index is 12.4. The van der Waals surface area contributed by atoms with E-state index in [0.29, 0.717) is 22.5 Å². The Hall–Kier alpha value is -1.57. The fraction of sp³-hybridized carbons (Fsp3) is 0.462. The standard InChI is InChI=1S/C13H14F3N3OS/c1-12(2,3)11-18-9(20-19-11)7-21-10-5-4-8(6-17-10)13(14,15)16/h4-6H,7H2,1-3H3. The summed E-state index contributed by atoms with van der Waals surface area (Å²) < 4.78 is 42.3. The first-order valence-corrected chi connectivity index (χ1v) is 7.14. The van der Waals surface area contributed by atoms with Crippen LogP contribution in [0.5, 0.6) is 0 Å². The Balaban J connectivity index is 1.99. The predicted molar refractivity (Wildman–Crippen MR) is 71.8 cm³/mol. The number of pyridine rings is 1. The number of thioether (sulfide) groups is 1. The quantitative estimate of drug-likeness (QED) is 0.799. The minimum Gasteiger partial charge on any atom is -0.338 e. The molecule has 0 aliphatic carbocycles. The zero-order valence-corrected chi connectivity index (χ0v) is 12.5. The summed E-state index contributed by atoms with van der Waals surface area (Å²) >= 11 is 1.24. The van der Waals surface area contributed by atoms with Gasteiger partial charge in [-0.1, -0.05) is 37.7 Å². The van der Waals surface area contributed by atoms with Crippen molar-refractivity contribution in [2.45, 2.75) is 43.1 Å². The molecule has 0 bridgehead atoms. The number of alkyl halides is 3. The first kappa shape index (κ1) is 15.8. The summed E-state index contributed by atoms with van der Waals surface area (Å²) in [4.78, 5) is 8.02. The molecule has 2 rings (SSSR count). The molecule has 0 N–H and O–H groups in total. The van der Waals surface area contributed by atoms with Crippen LogP contribution in [0.3, 0.4) is 0 Å². The normalized spacial score (nSPS) is 12.7. The van der Waals surface area contributed by atoms with Gasteiger partial charge in [0.1, 0.15) is 0 Å². The lowest BCUT2D eigenvalue weighted by Gasteiger charge is -2.10. The molecular formula is C13H14F3N3OS. The molecule has 8 heteroatoms. The van der Waals surface area contributed by atoms with Crippen LogP contribution in [0.4, 0.5) is 13.2 Å². The van der Waals surface area contributed by atoms with Crippen LogP contribution in [0, 0.1) is 0 Å².